The van der Waals surface area contributed by atoms with Crippen molar-refractivity contribution >= 4 is 26.4 Å². The van der Waals surface area contributed by atoms with E-state index in [2.05, 4.69) is 10.1 Å². The van der Waals surface area contributed by atoms with E-state index >= 15 is 0 Å². The average molecular weight is 451 g/mol. The van der Waals surface area contributed by atoms with Crippen LogP contribution in [-0.2, 0) is 23.4 Å². The molecule has 0 aliphatic carbocycles. The topological polar surface area (TPSA) is 152 Å². The average Bonchev–Trinajstić information content (AvgIpc) is 2.82. The van der Waals surface area contributed by atoms with E-state index in [0.29, 0.717) is 0 Å². The van der Waals surface area contributed by atoms with Gasteiger partial charge < -0.3 is 24.2 Å². The van der Waals surface area contributed by atoms with Crippen LogP contribution in [-0.4, -0.2) is 62.3 Å². The molecule has 1 aliphatic heterocycles. The number of aromatic nitrogens is 2. The molecule has 0 radical (unpaired) electrons. The first kappa shape index (κ1) is 23.9. The highest BCUT2D eigenvalue weighted by molar-refractivity contribution is 7.71. The van der Waals surface area contributed by atoms with Gasteiger partial charge in [0.1, 0.15) is 23.9 Å². The molecule has 4 N–H and O–H groups in total. The molecule has 13 heteroatoms. The van der Waals surface area contributed by atoms with Crippen molar-refractivity contribution in [3.63, 3.8) is 0 Å². The molecule has 164 valence electrons. The second-order valence-electron chi connectivity index (χ2n) is 7.17. The molecular weight excluding hydrogens is 425 g/mol. The van der Waals surface area contributed by atoms with Crippen molar-refractivity contribution in [3.05, 3.63) is 27.4 Å². The van der Waals surface area contributed by atoms with Crippen molar-refractivity contribution in [1.82, 2.24) is 14.6 Å². The molecule has 0 amide bonds. The number of rotatable bonds is 8. The van der Waals surface area contributed by atoms with E-state index in [1.165, 1.54) is 30.7 Å². The second-order valence-corrected chi connectivity index (χ2v) is 8.70. The van der Waals surface area contributed by atoms with Crippen molar-refractivity contribution in [3.8, 4) is 0 Å². The van der Waals surface area contributed by atoms with Crippen LogP contribution in [0.15, 0.2) is 17.1 Å². The quantitative estimate of drug-likeness (QED) is 0.246. The van der Waals surface area contributed by atoms with Crippen LogP contribution >= 0.6 is 20.4 Å². The smallest absolute Gasteiger partial charge is 0.323 e. The van der Waals surface area contributed by atoms with Crippen molar-refractivity contribution in [2.45, 2.75) is 63.9 Å². The maximum Gasteiger partial charge on any atom is 0.323 e. The molecule has 1 saturated heterocycles. The van der Waals surface area contributed by atoms with Gasteiger partial charge in [-0.1, -0.05) is 0 Å². The zero-order chi connectivity index (χ0) is 21.9. The summed E-state index contributed by atoms with van der Waals surface area (Å²) in [4.78, 5) is 25.5. The highest BCUT2D eigenvalue weighted by Gasteiger charge is 2.53. The molecule has 29 heavy (non-hydrogen) atoms. The Labute approximate surface area is 172 Å². The summed E-state index contributed by atoms with van der Waals surface area (Å²) in [5.74, 6) is -0.574. The van der Waals surface area contributed by atoms with Crippen molar-refractivity contribution in [1.29, 1.82) is 0 Å². The summed E-state index contributed by atoms with van der Waals surface area (Å²) >= 11 is 5.07. The highest BCUT2D eigenvalue weighted by Crippen LogP contribution is 2.39. The predicted molar refractivity (Wildman–Crippen MR) is 105 cm³/mol. The van der Waals surface area contributed by atoms with Crippen molar-refractivity contribution < 1.29 is 33.6 Å². The minimum absolute atomic E-state index is 0.00396. The van der Waals surface area contributed by atoms with Gasteiger partial charge in [0.25, 0.3) is 13.7 Å². The number of hydrogen-bond donors (Lipinski definition) is 4. The van der Waals surface area contributed by atoms with E-state index in [1.54, 1.807) is 13.8 Å². The molecule has 0 saturated carbocycles. The predicted octanol–water partition coefficient (Wildman–Crippen LogP) is 0.251. The molecule has 6 atom stereocenters. The third kappa shape index (κ3) is 5.82. The van der Waals surface area contributed by atoms with E-state index in [-0.39, 0.29) is 17.5 Å². The van der Waals surface area contributed by atoms with Gasteiger partial charge in [-0.05, 0) is 39.9 Å². The molecule has 1 aromatic heterocycles. The van der Waals surface area contributed by atoms with Gasteiger partial charge in [0.2, 0.25) is 0 Å². The number of esters is 1. The van der Waals surface area contributed by atoms with Gasteiger partial charge in [0.15, 0.2) is 11.0 Å². The second kappa shape index (κ2) is 9.61. The Morgan fingerprint density at radius 3 is 2.76 bits per heavy atom. The van der Waals surface area contributed by atoms with Crippen LogP contribution in [0.25, 0.3) is 0 Å². The van der Waals surface area contributed by atoms with E-state index in [1.807, 2.05) is 0 Å². The van der Waals surface area contributed by atoms with E-state index < -0.39 is 49.8 Å². The molecule has 0 spiro atoms. The summed E-state index contributed by atoms with van der Waals surface area (Å²) in [5.41, 5.74) is -2.18. The lowest BCUT2D eigenvalue weighted by atomic mass is 9.96. The Bertz CT molecular complexity index is 870. The summed E-state index contributed by atoms with van der Waals surface area (Å²) in [7, 11) is -2.86. The first-order chi connectivity index (χ1) is 13.4. The van der Waals surface area contributed by atoms with Gasteiger partial charge in [0.05, 0.1) is 12.7 Å². The van der Waals surface area contributed by atoms with Crippen LogP contribution in [0.4, 0.5) is 0 Å². The van der Waals surface area contributed by atoms with Crippen LogP contribution in [0.3, 0.4) is 0 Å². The maximum absolute atomic E-state index is 12.1. The van der Waals surface area contributed by atoms with Crippen LogP contribution in [0, 0.1) is 4.77 Å². The fourth-order valence-corrected chi connectivity index (χ4v) is 3.89. The maximum atomic E-state index is 12.1. The molecule has 1 aliphatic rings. The Kier molecular flexibility index (Phi) is 7.91. The summed E-state index contributed by atoms with van der Waals surface area (Å²) < 4.78 is 29.2. The number of nitrogens with zero attached hydrogens (tertiary/aromatic N) is 1. The first-order valence-corrected chi connectivity index (χ1v) is 10.7. The number of carbonyl (C=O) groups excluding carboxylic acids is 1. The molecule has 11 nitrogen and oxygen atoms in total. The third-order valence-corrected chi connectivity index (χ3v) is 5.69. The third-order valence-electron chi connectivity index (χ3n) is 4.28. The number of aromatic amines is 1. The SMILES string of the molecule is CC(C)OC(=O)[C@H](C)N[PH](=O)OCC1O[C@@H](n2ccc(=O)[nH]c2=S)C(C)(O)[C@H]1O. The van der Waals surface area contributed by atoms with Gasteiger partial charge in [-0.3, -0.25) is 23.7 Å². The summed E-state index contributed by atoms with van der Waals surface area (Å²) in [6.45, 7) is 5.90. The van der Waals surface area contributed by atoms with Crippen molar-refractivity contribution in [2.75, 3.05) is 6.61 Å². The van der Waals surface area contributed by atoms with Crippen LogP contribution in [0.5, 0.6) is 0 Å². The number of nitrogens with one attached hydrogen (secondary N) is 2. The Morgan fingerprint density at radius 2 is 2.17 bits per heavy atom. The summed E-state index contributed by atoms with van der Waals surface area (Å²) in [6, 6.07) is 0.347. The van der Waals surface area contributed by atoms with E-state index in [9.17, 15) is 24.4 Å². The zero-order valence-corrected chi connectivity index (χ0v) is 18.3. The molecule has 1 fully saturated rings. The standard InChI is InChI=1S/C16H26N3O8PS/c1-8(2)26-13(22)9(3)18-28(24)25-7-10-12(21)16(4,23)14(27-10)19-6-5-11(20)17-15(19)29/h5-6,8-10,12,14,21,23,28H,7H2,1-4H3,(H,18,24)(H,17,20,29)/t9-,10?,12-,14+,16?/m0/s1. The molecule has 3 unspecified atom stereocenters. The summed E-state index contributed by atoms with van der Waals surface area (Å²) in [6.07, 6.45) is -2.50. The van der Waals surface area contributed by atoms with Crippen LogP contribution in [0.1, 0.15) is 33.9 Å². The van der Waals surface area contributed by atoms with E-state index in [4.69, 9.17) is 26.2 Å². The van der Waals surface area contributed by atoms with Gasteiger partial charge in [-0.25, -0.2) is 5.09 Å². The Morgan fingerprint density at radius 1 is 1.52 bits per heavy atom. The summed E-state index contributed by atoms with van der Waals surface area (Å²) in [5, 5.41) is 23.6. The minimum atomic E-state index is -2.86. The van der Waals surface area contributed by atoms with Gasteiger partial charge in [-0.2, -0.15) is 0 Å². The largest absolute Gasteiger partial charge is 0.462 e. The fraction of sp³-hybridized carbons (Fsp3) is 0.688. The van der Waals surface area contributed by atoms with Gasteiger partial charge in [0, 0.05) is 12.3 Å². The van der Waals surface area contributed by atoms with Gasteiger partial charge >= 0.3 is 5.97 Å². The van der Waals surface area contributed by atoms with E-state index in [0.717, 1.165) is 0 Å². The van der Waals surface area contributed by atoms with Gasteiger partial charge in [-0.15, -0.1) is 0 Å². The molecule has 0 aromatic carbocycles. The number of ether oxygens (including phenoxy) is 2. The molecule has 0 bridgehead atoms. The number of aliphatic hydroxyl groups is 2. The van der Waals surface area contributed by atoms with Crippen molar-refractivity contribution in [2.24, 2.45) is 0 Å². The molecule has 1 aromatic rings. The lowest BCUT2D eigenvalue weighted by Crippen LogP contribution is -2.44. The number of hydrogen-bond acceptors (Lipinski definition) is 9. The number of H-pyrrole nitrogens is 1. The number of carbonyl (C=O) groups is 1. The molecular formula is C16H26N3O8PS. The fourth-order valence-electron chi connectivity index (χ4n) is 2.76. The minimum Gasteiger partial charge on any atom is -0.462 e. The first-order valence-electron chi connectivity index (χ1n) is 8.94. The Hall–Kier alpha value is -1.40. The lowest BCUT2D eigenvalue weighted by molar-refractivity contribution is -0.149. The monoisotopic (exact) mass is 451 g/mol. The highest BCUT2D eigenvalue weighted by atomic mass is 32.1. The number of aliphatic hydroxyl groups excluding tert-OH is 1. The normalized spacial score (nSPS) is 29.0. The zero-order valence-electron chi connectivity index (χ0n) is 16.4. The lowest BCUT2D eigenvalue weighted by Gasteiger charge is -2.27. The Balaban J connectivity index is 2.00. The molecule has 2 heterocycles. The molecule has 2 rings (SSSR count). The van der Waals surface area contributed by atoms with Crippen LogP contribution < -0.4 is 10.6 Å². The van der Waals surface area contributed by atoms with Crippen LogP contribution in [0.2, 0.25) is 0 Å².